The Hall–Kier alpha value is -2.40. The molecule has 140 valence electrons. The van der Waals surface area contributed by atoms with Crippen LogP contribution in [-0.4, -0.2) is 22.0 Å². The van der Waals surface area contributed by atoms with Gasteiger partial charge in [-0.1, -0.05) is 31.0 Å². The summed E-state index contributed by atoms with van der Waals surface area (Å²) < 4.78 is 5.56. The van der Waals surface area contributed by atoms with Gasteiger partial charge in [0.15, 0.2) is 5.76 Å². The number of oxazole rings is 1. The van der Waals surface area contributed by atoms with Crippen LogP contribution in [0.1, 0.15) is 48.4 Å². The highest BCUT2D eigenvalue weighted by molar-refractivity contribution is 7.98. The molecule has 27 heavy (non-hydrogen) atoms. The molecular formula is C22H24N2O2S. The van der Waals surface area contributed by atoms with Crippen LogP contribution < -0.4 is 0 Å². The van der Waals surface area contributed by atoms with E-state index < -0.39 is 0 Å². The highest BCUT2D eigenvalue weighted by atomic mass is 32.2. The maximum atomic E-state index is 12.2. The molecule has 0 aliphatic carbocycles. The zero-order chi connectivity index (χ0) is 18.9. The fourth-order valence-electron chi connectivity index (χ4n) is 2.90. The molecular weight excluding hydrogens is 356 g/mol. The first-order valence-corrected chi connectivity index (χ1v) is 10.5. The molecule has 0 fully saturated rings. The number of benzene rings is 1. The van der Waals surface area contributed by atoms with E-state index >= 15 is 0 Å². The Kier molecular flexibility index (Phi) is 7.22. The highest BCUT2D eigenvalue weighted by Gasteiger charge is 2.14. The van der Waals surface area contributed by atoms with Gasteiger partial charge in [0.05, 0.1) is 6.20 Å². The van der Waals surface area contributed by atoms with Crippen LogP contribution in [0.15, 0.2) is 64.2 Å². The minimum atomic E-state index is -0.0372. The molecule has 4 nitrogen and oxygen atoms in total. The van der Waals surface area contributed by atoms with E-state index in [2.05, 4.69) is 40.5 Å². The minimum absolute atomic E-state index is 0.0372. The molecule has 2 aromatic heterocycles. The maximum absolute atomic E-state index is 12.2. The second-order valence-corrected chi connectivity index (χ2v) is 7.31. The summed E-state index contributed by atoms with van der Waals surface area (Å²) in [6.45, 7) is 0. The summed E-state index contributed by atoms with van der Waals surface area (Å²) in [4.78, 5) is 21.8. The molecule has 2 heterocycles. The predicted octanol–water partition coefficient (Wildman–Crippen LogP) is 5.83. The van der Waals surface area contributed by atoms with Gasteiger partial charge in [0.2, 0.25) is 5.78 Å². The van der Waals surface area contributed by atoms with E-state index in [0.717, 1.165) is 32.1 Å². The monoisotopic (exact) mass is 380 g/mol. The van der Waals surface area contributed by atoms with Crippen LogP contribution in [0.4, 0.5) is 0 Å². The van der Waals surface area contributed by atoms with Crippen molar-refractivity contribution in [3.8, 4) is 11.5 Å². The number of nitrogens with zero attached hydrogens (tertiary/aromatic N) is 2. The third-order valence-electron chi connectivity index (χ3n) is 4.44. The van der Waals surface area contributed by atoms with Crippen molar-refractivity contribution in [2.45, 2.75) is 43.4 Å². The van der Waals surface area contributed by atoms with Gasteiger partial charge in [0, 0.05) is 17.5 Å². The molecule has 0 N–H and O–H groups in total. The summed E-state index contributed by atoms with van der Waals surface area (Å²) in [5.41, 5.74) is 2.07. The average Bonchev–Trinajstić information content (AvgIpc) is 3.22. The summed E-state index contributed by atoms with van der Waals surface area (Å²) in [5.74, 6) is 0.681. The lowest BCUT2D eigenvalue weighted by Crippen LogP contribution is -1.99. The molecule has 0 spiro atoms. The van der Waals surface area contributed by atoms with Gasteiger partial charge in [0.25, 0.3) is 5.89 Å². The largest absolute Gasteiger partial charge is 0.432 e. The van der Waals surface area contributed by atoms with E-state index in [1.54, 1.807) is 24.2 Å². The molecule has 5 heteroatoms. The van der Waals surface area contributed by atoms with Gasteiger partial charge >= 0.3 is 0 Å². The third kappa shape index (κ3) is 5.79. The van der Waals surface area contributed by atoms with Gasteiger partial charge in [-0.25, -0.2) is 4.98 Å². The van der Waals surface area contributed by atoms with Crippen molar-refractivity contribution in [2.75, 3.05) is 6.26 Å². The predicted molar refractivity (Wildman–Crippen MR) is 109 cm³/mol. The molecule has 0 unspecified atom stereocenters. The van der Waals surface area contributed by atoms with Gasteiger partial charge in [-0.2, -0.15) is 0 Å². The molecule has 3 aromatic rings. The fourth-order valence-corrected chi connectivity index (χ4v) is 3.31. The number of hydrogen-bond acceptors (Lipinski definition) is 5. The van der Waals surface area contributed by atoms with E-state index in [4.69, 9.17) is 4.42 Å². The van der Waals surface area contributed by atoms with Gasteiger partial charge < -0.3 is 4.42 Å². The highest BCUT2D eigenvalue weighted by Crippen LogP contribution is 2.19. The number of ketones is 1. The molecule has 1 aromatic carbocycles. The van der Waals surface area contributed by atoms with Crippen molar-refractivity contribution in [3.05, 3.63) is 66.3 Å². The van der Waals surface area contributed by atoms with Crippen LogP contribution in [0.3, 0.4) is 0 Å². The maximum Gasteiger partial charge on any atom is 0.263 e. The summed E-state index contributed by atoms with van der Waals surface area (Å²) in [6, 6.07) is 14.3. The standard InChI is InChI=1S/C22H24N2O2S/c1-27-18-13-11-17(12-14-18)8-4-2-3-5-10-20(25)22-24-16-21(26-22)19-9-6-7-15-23-19/h6-7,9,11-16H,2-5,8,10H2,1H3. The number of aromatic nitrogens is 2. The van der Waals surface area contributed by atoms with Crippen LogP contribution >= 0.6 is 11.8 Å². The molecule has 0 saturated carbocycles. The number of hydrogen-bond donors (Lipinski definition) is 0. The smallest absolute Gasteiger partial charge is 0.263 e. The lowest BCUT2D eigenvalue weighted by atomic mass is 10.0. The third-order valence-corrected chi connectivity index (χ3v) is 5.18. The summed E-state index contributed by atoms with van der Waals surface area (Å²) in [6.07, 6.45) is 11.1. The van der Waals surface area contributed by atoms with Gasteiger partial charge in [0.1, 0.15) is 5.69 Å². The number of carbonyl (C=O) groups excluding carboxylic acids is 1. The van der Waals surface area contributed by atoms with E-state index in [0.29, 0.717) is 17.9 Å². The van der Waals surface area contributed by atoms with Crippen LogP contribution in [0, 0.1) is 0 Å². The molecule has 0 saturated heterocycles. The lowest BCUT2D eigenvalue weighted by molar-refractivity contribution is 0.0946. The van der Waals surface area contributed by atoms with E-state index in [-0.39, 0.29) is 11.7 Å². The van der Waals surface area contributed by atoms with Crippen LogP contribution in [0.5, 0.6) is 0 Å². The first-order chi connectivity index (χ1) is 13.3. The van der Waals surface area contributed by atoms with Gasteiger partial charge in [-0.05, 0) is 55.3 Å². The van der Waals surface area contributed by atoms with Crippen molar-refractivity contribution in [3.63, 3.8) is 0 Å². The quantitative estimate of drug-likeness (QED) is 0.251. The number of unbranched alkanes of at least 4 members (excludes halogenated alkanes) is 3. The van der Waals surface area contributed by atoms with Gasteiger partial charge in [-0.15, -0.1) is 11.8 Å². The lowest BCUT2D eigenvalue weighted by Gasteiger charge is -2.03. The normalized spacial score (nSPS) is 10.9. The summed E-state index contributed by atoms with van der Waals surface area (Å²) in [5, 5.41) is 0. The van der Waals surface area contributed by atoms with E-state index in [9.17, 15) is 4.79 Å². The minimum Gasteiger partial charge on any atom is -0.432 e. The molecule has 0 radical (unpaired) electrons. The van der Waals surface area contributed by atoms with Crippen molar-refractivity contribution < 1.29 is 9.21 Å². The van der Waals surface area contributed by atoms with Crippen LogP contribution in [-0.2, 0) is 6.42 Å². The van der Waals surface area contributed by atoms with Crippen molar-refractivity contribution in [1.29, 1.82) is 0 Å². The molecule has 0 aliphatic rings. The van der Waals surface area contributed by atoms with E-state index in [1.807, 2.05) is 18.2 Å². The molecule has 0 aliphatic heterocycles. The Balaban J connectivity index is 1.35. The van der Waals surface area contributed by atoms with Crippen molar-refractivity contribution in [2.24, 2.45) is 0 Å². The number of thioether (sulfide) groups is 1. The summed E-state index contributed by atoms with van der Waals surface area (Å²) in [7, 11) is 0. The molecule has 0 bridgehead atoms. The van der Waals surface area contributed by atoms with E-state index in [1.165, 1.54) is 10.5 Å². The Morgan fingerprint density at radius 3 is 2.56 bits per heavy atom. The number of pyridine rings is 1. The van der Waals surface area contributed by atoms with Gasteiger partial charge in [-0.3, -0.25) is 9.78 Å². The second-order valence-electron chi connectivity index (χ2n) is 6.43. The number of rotatable bonds is 10. The zero-order valence-electron chi connectivity index (χ0n) is 15.6. The molecule has 3 rings (SSSR count). The van der Waals surface area contributed by atoms with Crippen molar-refractivity contribution >= 4 is 17.5 Å². The van der Waals surface area contributed by atoms with Crippen LogP contribution in [0.2, 0.25) is 0 Å². The summed E-state index contributed by atoms with van der Waals surface area (Å²) >= 11 is 1.77. The van der Waals surface area contributed by atoms with Crippen LogP contribution in [0.25, 0.3) is 11.5 Å². The average molecular weight is 381 g/mol. The first kappa shape index (κ1) is 19.4. The Bertz CT molecular complexity index is 844. The Morgan fingerprint density at radius 1 is 1.00 bits per heavy atom. The molecule has 0 amide bonds. The number of aryl methyl sites for hydroxylation is 1. The second kappa shape index (κ2) is 10.1. The Labute approximate surface area is 164 Å². The first-order valence-electron chi connectivity index (χ1n) is 9.29. The number of carbonyl (C=O) groups is 1. The SMILES string of the molecule is CSc1ccc(CCCCCCC(=O)c2ncc(-c3ccccn3)o2)cc1. The Morgan fingerprint density at radius 2 is 1.81 bits per heavy atom. The fraction of sp³-hybridized carbons (Fsp3) is 0.318. The van der Waals surface area contributed by atoms with Crippen molar-refractivity contribution in [1.82, 2.24) is 9.97 Å². The molecule has 0 atom stereocenters. The number of Topliss-reactive ketones (excluding diaryl/α,β-unsaturated/α-hetero) is 1. The topological polar surface area (TPSA) is 56.0 Å². The zero-order valence-corrected chi connectivity index (χ0v) is 16.4.